The third kappa shape index (κ3) is 3.26. The fourth-order valence-electron chi connectivity index (χ4n) is 3.69. The number of esters is 1. The van der Waals surface area contributed by atoms with Gasteiger partial charge in [0.1, 0.15) is 11.7 Å². The van der Waals surface area contributed by atoms with Gasteiger partial charge in [0.15, 0.2) is 5.78 Å². The summed E-state index contributed by atoms with van der Waals surface area (Å²) in [6.45, 7) is 3.94. The Morgan fingerprint density at radius 1 is 1.31 bits per heavy atom. The molecule has 138 valence electrons. The van der Waals surface area contributed by atoms with Crippen molar-refractivity contribution >= 4 is 40.9 Å². The zero-order valence-electron chi connectivity index (χ0n) is 14.7. The van der Waals surface area contributed by atoms with E-state index >= 15 is 0 Å². The monoisotopic (exact) mass is 395 g/mol. The van der Waals surface area contributed by atoms with Gasteiger partial charge in [0.2, 0.25) is 5.90 Å². The van der Waals surface area contributed by atoms with E-state index in [1.165, 1.54) is 7.11 Å². The van der Waals surface area contributed by atoms with Crippen LogP contribution in [-0.4, -0.2) is 24.8 Å². The van der Waals surface area contributed by atoms with Gasteiger partial charge in [-0.25, -0.2) is 0 Å². The van der Waals surface area contributed by atoms with E-state index in [0.29, 0.717) is 39.8 Å². The van der Waals surface area contributed by atoms with E-state index in [4.69, 9.17) is 38.1 Å². The molecule has 0 spiro atoms. The van der Waals surface area contributed by atoms with Crippen LogP contribution in [0.25, 0.3) is 0 Å². The van der Waals surface area contributed by atoms with Crippen LogP contribution in [0.3, 0.4) is 0 Å². The number of nitrogens with one attached hydrogen (secondary N) is 1. The number of ether oxygens (including phenoxy) is 2. The van der Waals surface area contributed by atoms with Gasteiger partial charge in [-0.1, -0.05) is 43.1 Å². The summed E-state index contributed by atoms with van der Waals surface area (Å²) in [5, 5.41) is 9.03. The Balaban J connectivity index is 2.23. The molecule has 7 heteroatoms. The molecule has 1 aliphatic heterocycles. The largest absolute Gasteiger partial charge is 0.468 e. The van der Waals surface area contributed by atoms with E-state index in [0.717, 1.165) is 0 Å². The minimum atomic E-state index is -1.07. The first kappa shape index (κ1) is 18.9. The molecule has 2 aliphatic rings. The molecule has 0 saturated carbocycles. The highest BCUT2D eigenvalue weighted by Crippen LogP contribution is 2.49. The Bertz CT molecular complexity index is 844. The summed E-state index contributed by atoms with van der Waals surface area (Å²) in [5.41, 5.74) is 0.683. The van der Waals surface area contributed by atoms with Crippen molar-refractivity contribution in [3.05, 3.63) is 45.1 Å². The first-order valence-electron chi connectivity index (χ1n) is 8.20. The van der Waals surface area contributed by atoms with Crippen LogP contribution in [0.15, 0.2) is 29.5 Å². The molecular formula is C19H19Cl2NO4. The van der Waals surface area contributed by atoms with E-state index in [1.54, 1.807) is 18.2 Å². The summed E-state index contributed by atoms with van der Waals surface area (Å²) >= 11 is 12.4. The smallest absolute Gasteiger partial charge is 0.319 e. The summed E-state index contributed by atoms with van der Waals surface area (Å²) in [6, 6.07) is 4.89. The topological polar surface area (TPSA) is 76.5 Å². The molecule has 26 heavy (non-hydrogen) atoms. The van der Waals surface area contributed by atoms with Gasteiger partial charge in [-0.2, -0.15) is 0 Å². The third-order valence-corrected chi connectivity index (χ3v) is 5.35. The molecule has 1 aromatic carbocycles. The van der Waals surface area contributed by atoms with Gasteiger partial charge in [0.25, 0.3) is 0 Å². The molecule has 0 radical (unpaired) electrons. The van der Waals surface area contributed by atoms with Crippen LogP contribution in [0.4, 0.5) is 0 Å². The molecule has 1 aliphatic carbocycles. The Morgan fingerprint density at radius 3 is 2.62 bits per heavy atom. The standard InChI is InChI=1S/C19H19Cl2NO4/c1-19(2)7-12(23)15-13(8-19)26-17(22)16(18(24)25-3)14(15)10-5-4-9(20)6-11(10)21/h4-6,14,16,22H,7-8H2,1-3H3. The molecular weight excluding hydrogens is 377 g/mol. The number of halogens is 2. The number of ketones is 1. The van der Waals surface area contributed by atoms with E-state index < -0.39 is 17.8 Å². The van der Waals surface area contributed by atoms with Crippen LogP contribution in [0.2, 0.25) is 10.0 Å². The second-order valence-electron chi connectivity index (χ2n) is 7.39. The van der Waals surface area contributed by atoms with Crippen LogP contribution >= 0.6 is 23.2 Å². The number of hydrogen-bond acceptors (Lipinski definition) is 5. The fraction of sp³-hybridized carbons (Fsp3) is 0.421. The van der Waals surface area contributed by atoms with E-state index in [9.17, 15) is 9.59 Å². The second-order valence-corrected chi connectivity index (χ2v) is 8.23. The molecule has 0 fully saturated rings. The number of methoxy groups -OCH3 is 1. The summed E-state index contributed by atoms with van der Waals surface area (Å²) in [6.07, 6.45) is 0.837. The average molecular weight is 396 g/mol. The van der Waals surface area contributed by atoms with Crippen LogP contribution in [0.5, 0.6) is 0 Å². The van der Waals surface area contributed by atoms with Crippen molar-refractivity contribution in [2.24, 2.45) is 11.3 Å². The minimum absolute atomic E-state index is 0.103. The molecule has 1 heterocycles. The third-order valence-electron chi connectivity index (χ3n) is 4.79. The lowest BCUT2D eigenvalue weighted by molar-refractivity contribution is -0.144. The quantitative estimate of drug-likeness (QED) is 0.746. The summed E-state index contributed by atoms with van der Waals surface area (Å²) in [7, 11) is 1.24. The van der Waals surface area contributed by atoms with Crippen molar-refractivity contribution in [3.63, 3.8) is 0 Å². The van der Waals surface area contributed by atoms with Gasteiger partial charge in [-0.3, -0.25) is 15.0 Å². The van der Waals surface area contributed by atoms with Crippen molar-refractivity contribution < 1.29 is 19.1 Å². The summed E-state index contributed by atoms with van der Waals surface area (Å²) < 4.78 is 10.5. The maximum Gasteiger partial charge on any atom is 0.319 e. The van der Waals surface area contributed by atoms with Gasteiger partial charge >= 0.3 is 5.97 Å². The number of Topliss-reactive ketones (excluding diaryl/α,β-unsaturated/α-hetero) is 1. The zero-order chi connectivity index (χ0) is 19.2. The average Bonchev–Trinajstić information content (AvgIpc) is 2.51. The Hall–Kier alpha value is -1.85. The van der Waals surface area contributed by atoms with Gasteiger partial charge in [-0.05, 0) is 23.1 Å². The van der Waals surface area contributed by atoms with Crippen LogP contribution in [0, 0.1) is 16.7 Å². The molecule has 0 saturated heterocycles. The van der Waals surface area contributed by atoms with Crippen molar-refractivity contribution in [3.8, 4) is 0 Å². The van der Waals surface area contributed by atoms with E-state index in [2.05, 4.69) is 0 Å². The molecule has 0 aromatic heterocycles. The van der Waals surface area contributed by atoms with Crippen molar-refractivity contribution in [1.82, 2.24) is 0 Å². The molecule has 0 amide bonds. The summed E-state index contributed by atoms with van der Waals surface area (Å²) in [4.78, 5) is 25.3. The van der Waals surface area contributed by atoms with Gasteiger partial charge < -0.3 is 9.47 Å². The molecule has 5 nitrogen and oxygen atoms in total. The Labute approximate surface area is 161 Å². The SMILES string of the molecule is COC(=O)C1C(=N)OC2=C(C(=O)CC(C)(C)C2)C1c1ccc(Cl)cc1Cl. The van der Waals surface area contributed by atoms with Crippen molar-refractivity contribution in [2.75, 3.05) is 7.11 Å². The lowest BCUT2D eigenvalue weighted by Crippen LogP contribution is -2.42. The number of carbonyl (C=O) groups excluding carboxylic acids is 2. The number of hydrogen-bond donors (Lipinski definition) is 1. The highest BCUT2D eigenvalue weighted by atomic mass is 35.5. The lowest BCUT2D eigenvalue weighted by atomic mass is 9.68. The van der Waals surface area contributed by atoms with Gasteiger partial charge in [-0.15, -0.1) is 0 Å². The predicted molar refractivity (Wildman–Crippen MR) is 98.6 cm³/mol. The van der Waals surface area contributed by atoms with E-state index in [-0.39, 0.29) is 17.1 Å². The first-order chi connectivity index (χ1) is 12.1. The second kappa shape index (κ2) is 6.71. The lowest BCUT2D eigenvalue weighted by Gasteiger charge is -2.40. The predicted octanol–water partition coefficient (Wildman–Crippen LogP) is 4.52. The maximum absolute atomic E-state index is 12.9. The van der Waals surface area contributed by atoms with Crippen molar-refractivity contribution in [1.29, 1.82) is 5.41 Å². The molecule has 3 rings (SSSR count). The Morgan fingerprint density at radius 2 is 2.00 bits per heavy atom. The number of carbonyl (C=O) groups is 2. The number of rotatable bonds is 2. The number of benzene rings is 1. The van der Waals surface area contributed by atoms with Gasteiger partial charge in [0.05, 0.1) is 7.11 Å². The zero-order valence-corrected chi connectivity index (χ0v) is 16.2. The maximum atomic E-state index is 12.9. The van der Waals surface area contributed by atoms with Crippen LogP contribution in [0.1, 0.15) is 38.2 Å². The molecule has 1 aromatic rings. The highest BCUT2D eigenvalue weighted by Gasteiger charge is 2.49. The molecule has 2 unspecified atom stereocenters. The van der Waals surface area contributed by atoms with Gasteiger partial charge in [0, 0.05) is 34.4 Å². The van der Waals surface area contributed by atoms with E-state index in [1.807, 2.05) is 13.8 Å². The first-order valence-corrected chi connectivity index (χ1v) is 8.95. The van der Waals surface area contributed by atoms with Crippen molar-refractivity contribution in [2.45, 2.75) is 32.6 Å². The minimum Gasteiger partial charge on any atom is -0.468 e. The number of allylic oxidation sites excluding steroid dienone is 2. The molecule has 2 atom stereocenters. The van der Waals surface area contributed by atoms with Crippen LogP contribution < -0.4 is 0 Å². The molecule has 0 bridgehead atoms. The highest BCUT2D eigenvalue weighted by molar-refractivity contribution is 6.35. The summed E-state index contributed by atoms with van der Waals surface area (Å²) in [5.74, 6) is -2.34. The fourth-order valence-corrected chi connectivity index (χ4v) is 4.21. The molecule has 1 N–H and O–H groups in total. The Kier molecular flexibility index (Phi) is 4.88. The normalized spacial score (nSPS) is 24.8. The van der Waals surface area contributed by atoms with Crippen LogP contribution in [-0.2, 0) is 19.1 Å².